The molecule has 126 valence electrons. The largest absolute Gasteiger partial charge is 0.393 e. The molecule has 1 aliphatic rings. The molecule has 0 bridgehead atoms. The zero-order chi connectivity index (χ0) is 16.9. The molecular weight excluding hydrogens is 284 g/mol. The third-order valence-electron chi connectivity index (χ3n) is 5.43. The molecule has 0 amide bonds. The molecule has 0 saturated carbocycles. The van der Waals surface area contributed by atoms with E-state index in [9.17, 15) is 5.11 Å². The number of rotatable bonds is 3. The van der Waals surface area contributed by atoms with Crippen molar-refractivity contribution in [3.63, 3.8) is 0 Å². The highest BCUT2D eigenvalue weighted by atomic mass is 16.3. The summed E-state index contributed by atoms with van der Waals surface area (Å²) in [6, 6.07) is 4.79. The van der Waals surface area contributed by atoms with E-state index >= 15 is 0 Å². The van der Waals surface area contributed by atoms with E-state index < -0.39 is 0 Å². The average molecular weight is 314 g/mol. The van der Waals surface area contributed by atoms with Crippen molar-refractivity contribution in [1.29, 1.82) is 0 Å². The van der Waals surface area contributed by atoms with Crippen LogP contribution in [0.1, 0.15) is 56.5 Å². The molecule has 3 heteroatoms. The number of fused-ring (bicyclic) bond motifs is 2. The summed E-state index contributed by atoms with van der Waals surface area (Å²) in [5.74, 6) is 0. The van der Waals surface area contributed by atoms with Crippen LogP contribution in [0.4, 0.5) is 0 Å². The molecule has 1 aromatic heterocycles. The van der Waals surface area contributed by atoms with E-state index in [2.05, 4.69) is 56.3 Å². The highest BCUT2D eigenvalue weighted by Gasteiger charge is 2.29. The van der Waals surface area contributed by atoms with Crippen molar-refractivity contribution >= 4 is 10.9 Å². The Morgan fingerprint density at radius 2 is 1.78 bits per heavy atom. The topological polar surface area (TPSA) is 28.4 Å². The number of nitrogens with zero attached hydrogens (tertiary/aromatic N) is 2. The zero-order valence-electron chi connectivity index (χ0n) is 15.4. The fourth-order valence-electron chi connectivity index (χ4n) is 3.68. The van der Waals surface area contributed by atoms with E-state index in [-0.39, 0.29) is 11.6 Å². The number of hydrogen-bond acceptors (Lipinski definition) is 2. The van der Waals surface area contributed by atoms with Crippen molar-refractivity contribution in [3.8, 4) is 0 Å². The van der Waals surface area contributed by atoms with Crippen molar-refractivity contribution in [2.24, 2.45) is 7.05 Å². The number of hydrogen-bond donors (Lipinski definition) is 1. The SMILES string of the molecule is Cc1c(CCC(C)O)c2cc3c(cc2n1C)CN(C(C)(C)C)C3. The molecule has 23 heavy (non-hydrogen) atoms. The average Bonchev–Trinajstić information content (AvgIpc) is 2.96. The van der Waals surface area contributed by atoms with Gasteiger partial charge in [0.25, 0.3) is 0 Å². The Morgan fingerprint density at radius 1 is 1.17 bits per heavy atom. The normalized spacial score (nSPS) is 17.0. The minimum Gasteiger partial charge on any atom is -0.393 e. The fraction of sp³-hybridized carbons (Fsp3) is 0.600. The van der Waals surface area contributed by atoms with Gasteiger partial charge in [-0.05, 0) is 76.3 Å². The highest BCUT2D eigenvalue weighted by molar-refractivity contribution is 5.87. The fourth-order valence-corrected chi connectivity index (χ4v) is 3.68. The first-order valence-corrected chi connectivity index (χ1v) is 8.71. The zero-order valence-corrected chi connectivity index (χ0v) is 15.4. The molecule has 3 nitrogen and oxygen atoms in total. The molecule has 3 rings (SSSR count). The minimum absolute atomic E-state index is 0.205. The second kappa shape index (κ2) is 5.64. The molecule has 0 aliphatic carbocycles. The van der Waals surface area contributed by atoms with Gasteiger partial charge < -0.3 is 9.67 Å². The molecule has 1 aromatic carbocycles. The number of benzene rings is 1. The van der Waals surface area contributed by atoms with Crippen LogP contribution in [0.2, 0.25) is 0 Å². The lowest BCUT2D eigenvalue weighted by Crippen LogP contribution is -2.36. The van der Waals surface area contributed by atoms with Crippen molar-refractivity contribution in [1.82, 2.24) is 9.47 Å². The first-order valence-electron chi connectivity index (χ1n) is 8.71. The van der Waals surface area contributed by atoms with Gasteiger partial charge in [0.1, 0.15) is 0 Å². The first kappa shape index (κ1) is 16.5. The number of aliphatic hydroxyl groups excluding tert-OH is 1. The predicted molar refractivity (Wildman–Crippen MR) is 96.7 cm³/mol. The molecule has 1 atom stereocenters. The van der Waals surface area contributed by atoms with E-state index in [0.29, 0.717) is 0 Å². The van der Waals surface area contributed by atoms with Crippen molar-refractivity contribution in [2.45, 2.75) is 72.2 Å². The molecule has 1 aliphatic heterocycles. The summed E-state index contributed by atoms with van der Waals surface area (Å²) in [5.41, 5.74) is 7.21. The van der Waals surface area contributed by atoms with Crippen molar-refractivity contribution in [2.75, 3.05) is 0 Å². The van der Waals surface area contributed by atoms with Crippen LogP contribution in [0, 0.1) is 6.92 Å². The van der Waals surface area contributed by atoms with Gasteiger partial charge in [0.2, 0.25) is 0 Å². The molecule has 0 radical (unpaired) electrons. The monoisotopic (exact) mass is 314 g/mol. The van der Waals surface area contributed by atoms with Crippen LogP contribution in [0.15, 0.2) is 12.1 Å². The summed E-state index contributed by atoms with van der Waals surface area (Å²) < 4.78 is 2.31. The van der Waals surface area contributed by atoms with E-state index in [1.807, 2.05) is 6.92 Å². The summed E-state index contributed by atoms with van der Waals surface area (Å²) in [4.78, 5) is 2.54. The van der Waals surface area contributed by atoms with E-state index in [1.54, 1.807) is 0 Å². The standard InChI is InChI=1S/C20H30N2O/c1-13(23)7-8-17-14(2)21(6)19-10-16-12-22(20(3,4)5)11-15(16)9-18(17)19/h9-10,13,23H,7-8,11-12H2,1-6H3. The van der Waals surface area contributed by atoms with Gasteiger partial charge in [-0.1, -0.05) is 0 Å². The van der Waals surface area contributed by atoms with E-state index in [0.717, 1.165) is 25.9 Å². The predicted octanol–water partition coefficient (Wildman–Crippen LogP) is 3.91. The second-order valence-electron chi connectivity index (χ2n) is 8.18. The Balaban J connectivity index is 2.04. The lowest BCUT2D eigenvalue weighted by Gasteiger charge is -2.31. The molecule has 1 N–H and O–H groups in total. The molecule has 0 saturated heterocycles. The molecule has 2 aromatic rings. The van der Waals surface area contributed by atoms with Crippen LogP contribution >= 0.6 is 0 Å². The summed E-state index contributed by atoms with van der Waals surface area (Å²) in [5, 5.41) is 11.0. The maximum Gasteiger partial charge on any atom is 0.0515 e. The smallest absolute Gasteiger partial charge is 0.0515 e. The Hall–Kier alpha value is -1.32. The van der Waals surface area contributed by atoms with Crippen LogP contribution in [0.25, 0.3) is 10.9 Å². The maximum atomic E-state index is 9.65. The first-order chi connectivity index (χ1) is 10.7. The van der Waals surface area contributed by atoms with Crippen molar-refractivity contribution < 1.29 is 5.11 Å². The summed E-state index contributed by atoms with van der Waals surface area (Å²) in [6.45, 7) is 13.0. The van der Waals surface area contributed by atoms with Gasteiger partial charge in [-0.2, -0.15) is 0 Å². The summed E-state index contributed by atoms with van der Waals surface area (Å²) in [6.07, 6.45) is 1.53. The Kier molecular flexibility index (Phi) is 4.06. The van der Waals surface area contributed by atoms with E-state index in [4.69, 9.17) is 0 Å². The number of aryl methyl sites for hydroxylation is 2. The van der Waals surface area contributed by atoms with Crippen LogP contribution in [0.3, 0.4) is 0 Å². The van der Waals surface area contributed by atoms with Crippen LogP contribution in [0.5, 0.6) is 0 Å². The molecule has 1 unspecified atom stereocenters. The molecule has 0 spiro atoms. The molecule has 2 heterocycles. The Labute approximate surface area is 139 Å². The minimum atomic E-state index is -0.240. The molecule has 0 fully saturated rings. The number of aromatic nitrogens is 1. The third-order valence-corrected chi connectivity index (χ3v) is 5.43. The van der Waals surface area contributed by atoms with Crippen LogP contribution < -0.4 is 0 Å². The highest BCUT2D eigenvalue weighted by Crippen LogP contribution is 2.35. The van der Waals surface area contributed by atoms with Gasteiger partial charge >= 0.3 is 0 Å². The second-order valence-corrected chi connectivity index (χ2v) is 8.18. The van der Waals surface area contributed by atoms with Crippen LogP contribution in [-0.4, -0.2) is 26.2 Å². The lowest BCUT2D eigenvalue weighted by molar-refractivity contribution is 0.136. The van der Waals surface area contributed by atoms with E-state index in [1.165, 1.54) is 33.3 Å². The van der Waals surface area contributed by atoms with Gasteiger partial charge in [-0.25, -0.2) is 0 Å². The quantitative estimate of drug-likeness (QED) is 0.930. The van der Waals surface area contributed by atoms with Gasteiger partial charge in [0.05, 0.1) is 6.10 Å². The summed E-state index contributed by atoms with van der Waals surface area (Å²) >= 11 is 0. The Bertz CT molecular complexity index is 734. The Morgan fingerprint density at radius 3 is 2.35 bits per heavy atom. The third kappa shape index (κ3) is 2.92. The van der Waals surface area contributed by atoms with Gasteiger partial charge in [-0.3, -0.25) is 4.90 Å². The van der Waals surface area contributed by atoms with Crippen LogP contribution in [-0.2, 0) is 26.6 Å². The maximum absolute atomic E-state index is 9.65. The number of aliphatic hydroxyl groups is 1. The summed E-state index contributed by atoms with van der Waals surface area (Å²) in [7, 11) is 2.16. The van der Waals surface area contributed by atoms with Gasteiger partial charge in [-0.15, -0.1) is 0 Å². The van der Waals surface area contributed by atoms with Gasteiger partial charge in [0, 0.05) is 42.3 Å². The lowest BCUT2D eigenvalue weighted by atomic mass is 10.0. The van der Waals surface area contributed by atoms with Crippen molar-refractivity contribution in [3.05, 3.63) is 34.5 Å². The van der Waals surface area contributed by atoms with Gasteiger partial charge in [0.15, 0.2) is 0 Å². The molecular formula is C20H30N2O.